The van der Waals surface area contributed by atoms with Crippen molar-refractivity contribution in [1.82, 2.24) is 4.98 Å². The van der Waals surface area contributed by atoms with Gasteiger partial charge in [0.2, 0.25) is 0 Å². The fourth-order valence-corrected chi connectivity index (χ4v) is 3.04. The number of hydrogen-bond donors (Lipinski definition) is 2. The highest BCUT2D eigenvalue weighted by Gasteiger charge is 2.22. The van der Waals surface area contributed by atoms with E-state index in [1.165, 1.54) is 12.1 Å². The van der Waals surface area contributed by atoms with E-state index in [9.17, 15) is 19.8 Å². The summed E-state index contributed by atoms with van der Waals surface area (Å²) < 4.78 is 10.2. The summed E-state index contributed by atoms with van der Waals surface area (Å²) in [6.45, 7) is 3.14. The molecule has 140 valence electrons. The Morgan fingerprint density at radius 3 is 1.89 bits per heavy atom. The van der Waals surface area contributed by atoms with Gasteiger partial charge in [-0.15, -0.1) is 0 Å². The molecule has 7 nitrogen and oxygen atoms in total. The highest BCUT2D eigenvalue weighted by atomic mass is 16.4. The van der Waals surface area contributed by atoms with Crippen LogP contribution in [0.2, 0.25) is 0 Å². The molecule has 2 N–H and O–H groups in total. The molecule has 0 aromatic carbocycles. The topological polar surface area (TPSA) is 114 Å². The van der Waals surface area contributed by atoms with Crippen molar-refractivity contribution in [2.45, 2.75) is 32.6 Å². The molecule has 0 bridgehead atoms. The Kier molecular flexibility index (Phi) is 5.12. The third kappa shape index (κ3) is 4.08. The van der Waals surface area contributed by atoms with Crippen LogP contribution in [-0.4, -0.2) is 15.2 Å². The molecule has 0 saturated carbocycles. The largest absolute Gasteiger partial charge is 0.507 e. The molecule has 7 heteroatoms. The Balaban J connectivity index is 2.04. The zero-order chi connectivity index (χ0) is 19.6. The highest BCUT2D eigenvalue weighted by Crippen LogP contribution is 2.29. The zero-order valence-corrected chi connectivity index (χ0v) is 14.9. The van der Waals surface area contributed by atoms with E-state index in [0.717, 1.165) is 5.56 Å². The van der Waals surface area contributed by atoms with E-state index in [1.807, 2.05) is 0 Å². The molecule has 0 fully saturated rings. The van der Waals surface area contributed by atoms with E-state index in [0.29, 0.717) is 11.5 Å². The van der Waals surface area contributed by atoms with E-state index in [-0.39, 0.29) is 35.5 Å². The minimum absolute atomic E-state index is 0.102. The molecule has 0 radical (unpaired) electrons. The molecule has 0 aliphatic rings. The van der Waals surface area contributed by atoms with Crippen LogP contribution >= 0.6 is 0 Å². The maximum Gasteiger partial charge on any atom is 0.342 e. The van der Waals surface area contributed by atoms with Crippen LogP contribution in [0, 0.1) is 13.8 Å². The maximum absolute atomic E-state index is 12.2. The van der Waals surface area contributed by atoms with Crippen molar-refractivity contribution in [3.8, 4) is 11.5 Å². The van der Waals surface area contributed by atoms with Crippen LogP contribution in [-0.2, 0) is 12.8 Å². The number of hydrogen-bond acceptors (Lipinski definition) is 7. The summed E-state index contributed by atoms with van der Waals surface area (Å²) in [6, 6.07) is 6.28. The summed E-state index contributed by atoms with van der Waals surface area (Å²) in [7, 11) is 0. The molecule has 3 heterocycles. The van der Waals surface area contributed by atoms with Crippen molar-refractivity contribution in [3.63, 3.8) is 0 Å². The van der Waals surface area contributed by atoms with Gasteiger partial charge in [-0.3, -0.25) is 4.98 Å². The molecule has 3 aromatic rings. The van der Waals surface area contributed by atoms with Crippen molar-refractivity contribution in [2.75, 3.05) is 0 Å². The number of rotatable bonds is 5. The Labute approximate surface area is 154 Å². The Hall–Kier alpha value is -3.35. The molecule has 0 aliphatic heterocycles. The van der Waals surface area contributed by atoms with E-state index >= 15 is 0 Å². The summed E-state index contributed by atoms with van der Waals surface area (Å²) in [5.41, 5.74) is -0.324. The van der Waals surface area contributed by atoms with E-state index in [2.05, 4.69) is 4.98 Å². The Bertz CT molecular complexity index is 1000. The summed E-state index contributed by atoms with van der Waals surface area (Å²) >= 11 is 0. The average Bonchev–Trinajstić information content (AvgIpc) is 2.59. The molecule has 0 unspecified atom stereocenters. The van der Waals surface area contributed by atoms with Crippen LogP contribution in [0.4, 0.5) is 0 Å². The molecule has 0 spiro atoms. The predicted molar refractivity (Wildman–Crippen MR) is 97.1 cm³/mol. The molecule has 0 saturated heterocycles. The first-order valence-electron chi connectivity index (χ1n) is 8.40. The molecule has 0 atom stereocenters. The fraction of sp³-hybridized carbons (Fsp3) is 0.250. The van der Waals surface area contributed by atoms with E-state index in [1.54, 1.807) is 38.4 Å². The Morgan fingerprint density at radius 2 is 1.48 bits per heavy atom. The lowest BCUT2D eigenvalue weighted by molar-refractivity contribution is 0.410. The van der Waals surface area contributed by atoms with Crippen molar-refractivity contribution in [2.24, 2.45) is 0 Å². The van der Waals surface area contributed by atoms with Crippen molar-refractivity contribution < 1.29 is 19.0 Å². The van der Waals surface area contributed by atoms with E-state index in [4.69, 9.17) is 8.83 Å². The van der Waals surface area contributed by atoms with Gasteiger partial charge >= 0.3 is 11.3 Å². The first-order chi connectivity index (χ1) is 12.8. The van der Waals surface area contributed by atoms with Crippen LogP contribution < -0.4 is 11.3 Å². The molecular weight excluding hydrogens is 350 g/mol. The van der Waals surface area contributed by atoms with Gasteiger partial charge in [0.1, 0.15) is 23.0 Å². The molecule has 0 aliphatic carbocycles. The van der Waals surface area contributed by atoms with Gasteiger partial charge in [-0.25, -0.2) is 9.59 Å². The lowest BCUT2D eigenvalue weighted by Crippen LogP contribution is -2.18. The SMILES string of the molecule is Cc1cc(O)c(CC(Cc2c(O)cc(C)oc2=O)c2cccnc2)c(=O)o1. The van der Waals surface area contributed by atoms with Gasteiger partial charge in [0.15, 0.2) is 0 Å². The molecule has 0 amide bonds. The average molecular weight is 369 g/mol. The summed E-state index contributed by atoms with van der Waals surface area (Å²) in [5.74, 6) is -0.144. The highest BCUT2D eigenvalue weighted by molar-refractivity contribution is 5.35. The maximum atomic E-state index is 12.2. The minimum Gasteiger partial charge on any atom is -0.507 e. The van der Waals surface area contributed by atoms with Crippen LogP contribution in [0.1, 0.15) is 34.1 Å². The smallest absolute Gasteiger partial charge is 0.342 e. The van der Waals surface area contributed by atoms with Crippen molar-refractivity contribution >= 4 is 0 Å². The quantitative estimate of drug-likeness (QED) is 0.710. The first-order valence-corrected chi connectivity index (χ1v) is 8.40. The molecule has 27 heavy (non-hydrogen) atoms. The molecule has 3 aromatic heterocycles. The van der Waals surface area contributed by atoms with Gasteiger partial charge in [-0.2, -0.15) is 0 Å². The lowest BCUT2D eigenvalue weighted by Gasteiger charge is -2.17. The normalized spacial score (nSPS) is 11.1. The third-order valence-corrected chi connectivity index (χ3v) is 4.36. The zero-order valence-electron chi connectivity index (χ0n) is 14.9. The van der Waals surface area contributed by atoms with Gasteiger partial charge < -0.3 is 19.0 Å². The second kappa shape index (κ2) is 7.49. The van der Waals surface area contributed by atoms with Crippen LogP contribution in [0.5, 0.6) is 11.5 Å². The van der Waals surface area contributed by atoms with Gasteiger partial charge in [0, 0.05) is 24.5 Å². The van der Waals surface area contributed by atoms with Crippen LogP contribution in [0.25, 0.3) is 0 Å². The van der Waals surface area contributed by atoms with Crippen molar-refractivity contribution in [1.29, 1.82) is 0 Å². The number of aryl methyl sites for hydroxylation is 2. The third-order valence-electron chi connectivity index (χ3n) is 4.36. The number of pyridine rings is 1. The van der Waals surface area contributed by atoms with Gasteiger partial charge in [-0.1, -0.05) is 6.07 Å². The van der Waals surface area contributed by atoms with E-state index < -0.39 is 17.2 Å². The number of aromatic nitrogens is 1. The van der Waals surface area contributed by atoms with Crippen LogP contribution in [0.15, 0.2) is 55.1 Å². The lowest BCUT2D eigenvalue weighted by atomic mass is 9.88. The van der Waals surface area contributed by atoms with Crippen molar-refractivity contribution in [3.05, 3.63) is 85.7 Å². The number of nitrogens with zero attached hydrogens (tertiary/aromatic N) is 1. The van der Waals surface area contributed by atoms with Gasteiger partial charge in [-0.05, 0) is 44.2 Å². The second-order valence-electron chi connectivity index (χ2n) is 6.41. The summed E-state index contributed by atoms with van der Waals surface area (Å²) in [5, 5.41) is 20.3. The minimum atomic E-state index is -0.637. The summed E-state index contributed by atoms with van der Waals surface area (Å²) in [6.07, 6.45) is 3.43. The molecule has 3 rings (SSSR count). The predicted octanol–water partition coefficient (Wildman–Crippen LogP) is 2.59. The number of aromatic hydroxyl groups is 2. The molecular formula is C20H19NO6. The van der Waals surface area contributed by atoms with Gasteiger partial charge in [0.05, 0.1) is 11.1 Å². The fourth-order valence-electron chi connectivity index (χ4n) is 3.04. The second-order valence-corrected chi connectivity index (χ2v) is 6.41. The van der Waals surface area contributed by atoms with Gasteiger partial charge in [0.25, 0.3) is 0 Å². The van der Waals surface area contributed by atoms with Crippen LogP contribution in [0.3, 0.4) is 0 Å². The monoisotopic (exact) mass is 369 g/mol. The Morgan fingerprint density at radius 1 is 0.963 bits per heavy atom. The first kappa shape index (κ1) is 18.4. The standard InChI is InChI=1S/C20H19NO6/c1-11-6-17(22)15(19(24)26-11)8-14(13-4-3-5-21-10-13)9-16-18(23)7-12(2)27-20(16)25/h3-7,10,14,22-23H,8-9H2,1-2H3. The summed E-state index contributed by atoms with van der Waals surface area (Å²) in [4.78, 5) is 28.5.